The lowest BCUT2D eigenvalue weighted by Gasteiger charge is -2.41. The molecule has 4 heteroatoms. The zero-order valence-corrected chi connectivity index (χ0v) is 11.5. The average molecular weight is 248 g/mol. The van der Waals surface area contributed by atoms with Crippen molar-refractivity contribution < 1.29 is 0 Å². The van der Waals surface area contributed by atoms with Gasteiger partial charge in [0, 0.05) is 19.1 Å². The fourth-order valence-electron chi connectivity index (χ4n) is 3.68. The Balaban J connectivity index is 1.67. The lowest BCUT2D eigenvalue weighted by Crippen LogP contribution is -2.42. The average Bonchev–Trinajstić information content (AvgIpc) is 2.76. The predicted octanol–water partition coefficient (Wildman–Crippen LogP) is 2.48. The van der Waals surface area contributed by atoms with Crippen LogP contribution in [0.15, 0.2) is 6.33 Å². The van der Waals surface area contributed by atoms with E-state index >= 15 is 0 Å². The Morgan fingerprint density at radius 1 is 1.28 bits per heavy atom. The van der Waals surface area contributed by atoms with Gasteiger partial charge in [0.15, 0.2) is 0 Å². The van der Waals surface area contributed by atoms with Crippen molar-refractivity contribution in [2.45, 2.75) is 52.1 Å². The van der Waals surface area contributed by atoms with Crippen molar-refractivity contribution in [3.8, 4) is 0 Å². The third-order valence-corrected chi connectivity index (χ3v) is 4.49. The van der Waals surface area contributed by atoms with E-state index in [1.165, 1.54) is 38.8 Å². The van der Waals surface area contributed by atoms with Gasteiger partial charge < -0.3 is 4.57 Å². The highest BCUT2D eigenvalue weighted by molar-refractivity contribution is 4.91. The van der Waals surface area contributed by atoms with Crippen molar-refractivity contribution in [3.05, 3.63) is 12.2 Å². The lowest BCUT2D eigenvalue weighted by atomic mass is 9.78. The number of fused-ring (bicyclic) bond motifs is 2. The largest absolute Gasteiger partial charge is 0.314 e. The van der Waals surface area contributed by atoms with Gasteiger partial charge in [-0.25, -0.2) is 0 Å². The molecule has 1 saturated heterocycles. The first kappa shape index (κ1) is 12.2. The summed E-state index contributed by atoms with van der Waals surface area (Å²) in [6.07, 6.45) is 7.65. The van der Waals surface area contributed by atoms with Crippen molar-refractivity contribution in [1.29, 1.82) is 0 Å². The van der Waals surface area contributed by atoms with Gasteiger partial charge in [-0.05, 0) is 44.9 Å². The van der Waals surface area contributed by atoms with E-state index in [0.717, 1.165) is 24.2 Å². The Kier molecular flexibility index (Phi) is 3.37. The molecule has 0 N–H and O–H groups in total. The van der Waals surface area contributed by atoms with Gasteiger partial charge in [-0.2, -0.15) is 0 Å². The molecule has 0 aromatic carbocycles. The first-order valence-electron chi connectivity index (χ1n) is 7.33. The van der Waals surface area contributed by atoms with E-state index in [1.807, 2.05) is 6.33 Å². The number of hydrogen-bond acceptors (Lipinski definition) is 3. The van der Waals surface area contributed by atoms with Gasteiger partial charge in [-0.3, -0.25) is 4.90 Å². The van der Waals surface area contributed by atoms with E-state index in [9.17, 15) is 0 Å². The van der Waals surface area contributed by atoms with E-state index in [0.29, 0.717) is 6.04 Å². The van der Waals surface area contributed by atoms with E-state index in [2.05, 4.69) is 33.5 Å². The summed E-state index contributed by atoms with van der Waals surface area (Å²) in [7, 11) is 0. The third-order valence-electron chi connectivity index (χ3n) is 4.49. The number of rotatable bonds is 3. The molecular weight excluding hydrogens is 224 g/mol. The summed E-state index contributed by atoms with van der Waals surface area (Å²) in [5, 5.41) is 8.36. The SMILES string of the molecule is CC(C)n1cnnc1CN1C[C@@H]2CCC[C@H](C2)C1. The van der Waals surface area contributed by atoms with Gasteiger partial charge in [0.2, 0.25) is 0 Å². The maximum Gasteiger partial charge on any atom is 0.147 e. The monoisotopic (exact) mass is 248 g/mol. The highest BCUT2D eigenvalue weighted by Gasteiger charge is 2.30. The summed E-state index contributed by atoms with van der Waals surface area (Å²) in [6.45, 7) is 7.89. The first-order valence-corrected chi connectivity index (χ1v) is 7.33. The van der Waals surface area contributed by atoms with Crippen molar-refractivity contribution >= 4 is 0 Å². The number of aromatic nitrogens is 3. The standard InChI is InChI=1S/C14H24N4/c1-11(2)18-10-15-16-14(18)9-17-7-12-4-3-5-13(6-12)8-17/h10-13H,3-9H2,1-2H3/t12-,13-/m1/s1. The van der Waals surface area contributed by atoms with Crippen molar-refractivity contribution in [1.82, 2.24) is 19.7 Å². The maximum atomic E-state index is 4.30. The molecule has 100 valence electrons. The zero-order chi connectivity index (χ0) is 12.5. The Morgan fingerprint density at radius 3 is 2.67 bits per heavy atom. The van der Waals surface area contributed by atoms with E-state index in [4.69, 9.17) is 0 Å². The van der Waals surface area contributed by atoms with Gasteiger partial charge in [0.05, 0.1) is 6.54 Å². The molecule has 18 heavy (non-hydrogen) atoms. The topological polar surface area (TPSA) is 34.0 Å². The molecule has 1 aromatic rings. The minimum atomic E-state index is 0.458. The first-order chi connectivity index (χ1) is 8.72. The minimum Gasteiger partial charge on any atom is -0.314 e. The predicted molar refractivity (Wildman–Crippen MR) is 71.1 cm³/mol. The van der Waals surface area contributed by atoms with Crippen molar-refractivity contribution in [2.24, 2.45) is 11.8 Å². The quantitative estimate of drug-likeness (QED) is 0.824. The fraction of sp³-hybridized carbons (Fsp3) is 0.857. The van der Waals surface area contributed by atoms with Crippen LogP contribution in [-0.4, -0.2) is 32.8 Å². The number of piperidine rings is 1. The van der Waals surface area contributed by atoms with Crippen LogP contribution in [-0.2, 0) is 6.54 Å². The molecule has 0 radical (unpaired) electrons. The van der Waals surface area contributed by atoms with Gasteiger partial charge in [0.25, 0.3) is 0 Å². The summed E-state index contributed by atoms with van der Waals surface area (Å²) in [6, 6.07) is 0.458. The fourth-order valence-corrected chi connectivity index (χ4v) is 3.68. The van der Waals surface area contributed by atoms with E-state index in [-0.39, 0.29) is 0 Å². The van der Waals surface area contributed by atoms with E-state index in [1.54, 1.807) is 0 Å². The molecule has 3 rings (SSSR count). The normalized spacial score (nSPS) is 28.8. The second-order valence-electron chi connectivity index (χ2n) is 6.34. The number of likely N-dealkylation sites (tertiary alicyclic amines) is 1. The van der Waals surface area contributed by atoms with Crippen LogP contribution in [0.5, 0.6) is 0 Å². The molecule has 1 aromatic heterocycles. The molecule has 0 spiro atoms. The smallest absolute Gasteiger partial charge is 0.147 e. The summed E-state index contributed by atoms with van der Waals surface area (Å²) in [5.41, 5.74) is 0. The van der Waals surface area contributed by atoms with Gasteiger partial charge in [0.1, 0.15) is 12.2 Å². The Hall–Kier alpha value is -0.900. The zero-order valence-electron chi connectivity index (χ0n) is 11.5. The molecule has 0 unspecified atom stereocenters. The maximum absolute atomic E-state index is 4.30. The second-order valence-corrected chi connectivity index (χ2v) is 6.34. The summed E-state index contributed by atoms with van der Waals surface area (Å²) in [4.78, 5) is 2.60. The number of hydrogen-bond donors (Lipinski definition) is 0. The van der Waals surface area contributed by atoms with Crippen molar-refractivity contribution in [3.63, 3.8) is 0 Å². The van der Waals surface area contributed by atoms with Crippen molar-refractivity contribution in [2.75, 3.05) is 13.1 Å². The molecule has 1 saturated carbocycles. The molecule has 2 bridgehead atoms. The molecule has 0 amide bonds. The highest BCUT2D eigenvalue weighted by Crippen LogP contribution is 2.34. The van der Waals surface area contributed by atoms with Crippen LogP contribution < -0.4 is 0 Å². The molecule has 2 atom stereocenters. The van der Waals surface area contributed by atoms with Crippen LogP contribution in [0.2, 0.25) is 0 Å². The van der Waals surface area contributed by atoms with Crippen LogP contribution in [0, 0.1) is 11.8 Å². The summed E-state index contributed by atoms with van der Waals surface area (Å²) in [5.74, 6) is 3.01. The second kappa shape index (κ2) is 5.00. The van der Waals surface area contributed by atoms with Crippen LogP contribution >= 0.6 is 0 Å². The highest BCUT2D eigenvalue weighted by atomic mass is 15.3. The van der Waals surface area contributed by atoms with Gasteiger partial charge in [-0.15, -0.1) is 10.2 Å². The molecule has 1 aliphatic heterocycles. The van der Waals surface area contributed by atoms with Crippen LogP contribution in [0.1, 0.15) is 51.4 Å². The van der Waals surface area contributed by atoms with Crippen LogP contribution in [0.25, 0.3) is 0 Å². The molecular formula is C14H24N4. The van der Waals surface area contributed by atoms with Crippen LogP contribution in [0.4, 0.5) is 0 Å². The Morgan fingerprint density at radius 2 is 2.00 bits per heavy atom. The minimum absolute atomic E-state index is 0.458. The Labute approximate surface area is 109 Å². The molecule has 2 fully saturated rings. The third kappa shape index (κ3) is 2.44. The van der Waals surface area contributed by atoms with Gasteiger partial charge >= 0.3 is 0 Å². The van der Waals surface area contributed by atoms with Crippen LogP contribution in [0.3, 0.4) is 0 Å². The van der Waals surface area contributed by atoms with Gasteiger partial charge in [-0.1, -0.05) is 6.42 Å². The molecule has 4 nitrogen and oxygen atoms in total. The van der Waals surface area contributed by atoms with E-state index < -0.39 is 0 Å². The Bertz CT molecular complexity index is 386. The number of nitrogens with zero attached hydrogens (tertiary/aromatic N) is 4. The summed E-state index contributed by atoms with van der Waals surface area (Å²) >= 11 is 0. The molecule has 2 aliphatic rings. The molecule has 2 heterocycles. The lowest BCUT2D eigenvalue weighted by molar-refractivity contribution is 0.0777. The molecule has 1 aliphatic carbocycles. The summed E-state index contributed by atoms with van der Waals surface area (Å²) < 4.78 is 2.20.